The van der Waals surface area contributed by atoms with Crippen LogP contribution in [0.15, 0.2) is 24.3 Å². The van der Waals surface area contributed by atoms with Gasteiger partial charge in [0.15, 0.2) is 11.5 Å². The van der Waals surface area contributed by atoms with E-state index in [4.69, 9.17) is 9.47 Å². The van der Waals surface area contributed by atoms with Crippen LogP contribution in [-0.2, 0) is 11.2 Å². The normalized spacial score (nSPS) is 10.9. The van der Waals surface area contributed by atoms with Crippen LogP contribution in [0.5, 0.6) is 11.5 Å². The number of unbranched alkanes of at least 4 members (excludes halogenated alkanes) is 3. The number of anilines is 1. The van der Waals surface area contributed by atoms with Crippen molar-refractivity contribution in [3.63, 3.8) is 0 Å². The molecular formula is C20H27N3O3S. The van der Waals surface area contributed by atoms with Gasteiger partial charge in [-0.2, -0.15) is 0 Å². The number of carbonyl (C=O) groups excluding carboxylic acids is 1. The maximum Gasteiger partial charge on any atom is 0.250 e. The van der Waals surface area contributed by atoms with Crippen LogP contribution < -0.4 is 14.8 Å². The third kappa shape index (κ3) is 7.02. The molecule has 0 saturated carbocycles. The van der Waals surface area contributed by atoms with E-state index < -0.39 is 0 Å². The SMILES string of the molecule is CCCCCCOc1ccc(/C=C/C(=O)Nc2nnc(CC)s2)cc1OC. The number of hydrogen-bond donors (Lipinski definition) is 1. The monoisotopic (exact) mass is 389 g/mol. The summed E-state index contributed by atoms with van der Waals surface area (Å²) in [6, 6.07) is 5.62. The first kappa shape index (κ1) is 20.9. The number of rotatable bonds is 11. The Bertz CT molecular complexity index is 759. The molecule has 1 aromatic heterocycles. The predicted molar refractivity (Wildman–Crippen MR) is 110 cm³/mol. The molecule has 6 nitrogen and oxygen atoms in total. The summed E-state index contributed by atoms with van der Waals surface area (Å²) in [4.78, 5) is 12.0. The lowest BCUT2D eigenvalue weighted by Crippen LogP contribution is -2.07. The largest absolute Gasteiger partial charge is 0.493 e. The zero-order chi connectivity index (χ0) is 19.5. The van der Waals surface area contributed by atoms with E-state index in [9.17, 15) is 4.79 Å². The molecule has 0 unspecified atom stereocenters. The van der Waals surface area contributed by atoms with Gasteiger partial charge in [-0.3, -0.25) is 10.1 Å². The maximum absolute atomic E-state index is 12.0. The molecule has 0 saturated heterocycles. The summed E-state index contributed by atoms with van der Waals surface area (Å²) in [5.41, 5.74) is 0.854. The van der Waals surface area contributed by atoms with Crippen molar-refractivity contribution in [1.29, 1.82) is 0 Å². The standard InChI is InChI=1S/C20H27N3O3S/c1-4-6-7-8-13-26-16-11-9-15(14-17(16)25-3)10-12-18(24)21-20-23-22-19(5-2)27-20/h9-12,14H,4-8,13H2,1-3H3,(H,21,23,24)/b12-10+. The molecule has 1 N–H and O–H groups in total. The van der Waals surface area contributed by atoms with Crippen LogP contribution >= 0.6 is 11.3 Å². The van der Waals surface area contributed by atoms with Gasteiger partial charge >= 0.3 is 0 Å². The molecule has 0 atom stereocenters. The summed E-state index contributed by atoms with van der Waals surface area (Å²) in [5.74, 6) is 1.13. The minimum Gasteiger partial charge on any atom is -0.493 e. The van der Waals surface area contributed by atoms with E-state index in [0.717, 1.165) is 29.2 Å². The maximum atomic E-state index is 12.0. The van der Waals surface area contributed by atoms with Gasteiger partial charge in [0.2, 0.25) is 11.0 Å². The Morgan fingerprint density at radius 1 is 1.19 bits per heavy atom. The van der Waals surface area contributed by atoms with Crippen molar-refractivity contribution in [2.45, 2.75) is 46.0 Å². The average Bonchev–Trinajstić information content (AvgIpc) is 3.14. The molecule has 1 heterocycles. The van der Waals surface area contributed by atoms with E-state index in [-0.39, 0.29) is 5.91 Å². The Balaban J connectivity index is 1.91. The number of hydrogen-bond acceptors (Lipinski definition) is 6. The minimum absolute atomic E-state index is 0.246. The summed E-state index contributed by atoms with van der Waals surface area (Å²) in [7, 11) is 1.61. The Morgan fingerprint density at radius 2 is 2.04 bits per heavy atom. The highest BCUT2D eigenvalue weighted by atomic mass is 32.1. The number of amides is 1. The number of aryl methyl sites for hydroxylation is 1. The first-order chi connectivity index (χ1) is 13.2. The van der Waals surface area contributed by atoms with Crippen LogP contribution in [0.3, 0.4) is 0 Å². The minimum atomic E-state index is -0.246. The molecule has 1 amide bonds. The second-order valence-corrected chi connectivity index (χ2v) is 7.06. The van der Waals surface area contributed by atoms with E-state index in [2.05, 4.69) is 22.4 Å². The molecule has 0 radical (unpaired) electrons. The summed E-state index contributed by atoms with van der Waals surface area (Å²) in [6.45, 7) is 4.86. The second kappa shape index (κ2) is 11.3. The molecule has 1 aromatic carbocycles. The molecule has 0 aliphatic heterocycles. The van der Waals surface area contributed by atoms with Gasteiger partial charge in [0.1, 0.15) is 5.01 Å². The lowest BCUT2D eigenvalue weighted by Gasteiger charge is -2.11. The van der Waals surface area contributed by atoms with Gasteiger partial charge in [0.05, 0.1) is 13.7 Å². The van der Waals surface area contributed by atoms with Crippen LogP contribution in [0.4, 0.5) is 5.13 Å². The van der Waals surface area contributed by atoms with Gasteiger partial charge in [-0.15, -0.1) is 10.2 Å². The van der Waals surface area contributed by atoms with Crippen molar-refractivity contribution in [3.8, 4) is 11.5 Å². The summed E-state index contributed by atoms with van der Waals surface area (Å²) >= 11 is 1.38. The van der Waals surface area contributed by atoms with Crippen LogP contribution in [0.2, 0.25) is 0 Å². The van der Waals surface area contributed by atoms with Gasteiger partial charge in [0.25, 0.3) is 0 Å². The van der Waals surface area contributed by atoms with Gasteiger partial charge in [-0.25, -0.2) is 0 Å². The second-order valence-electron chi connectivity index (χ2n) is 6.00. The smallest absolute Gasteiger partial charge is 0.250 e. The molecule has 0 fully saturated rings. The van der Waals surface area contributed by atoms with Gasteiger partial charge in [0, 0.05) is 6.08 Å². The molecule has 2 aromatic rings. The highest BCUT2D eigenvalue weighted by Crippen LogP contribution is 2.29. The number of ether oxygens (including phenoxy) is 2. The van der Waals surface area contributed by atoms with E-state index in [1.807, 2.05) is 25.1 Å². The summed E-state index contributed by atoms with van der Waals surface area (Å²) < 4.78 is 11.2. The fourth-order valence-electron chi connectivity index (χ4n) is 2.38. The van der Waals surface area contributed by atoms with E-state index in [1.165, 1.54) is 36.7 Å². The Hall–Kier alpha value is -2.41. The van der Waals surface area contributed by atoms with Crippen LogP contribution in [0.1, 0.15) is 50.1 Å². The number of nitrogens with zero attached hydrogens (tertiary/aromatic N) is 2. The van der Waals surface area contributed by atoms with Gasteiger partial charge in [-0.1, -0.05) is 50.5 Å². The van der Waals surface area contributed by atoms with E-state index >= 15 is 0 Å². The van der Waals surface area contributed by atoms with Gasteiger partial charge < -0.3 is 9.47 Å². The number of aromatic nitrogens is 2. The van der Waals surface area contributed by atoms with Crippen LogP contribution in [0, 0.1) is 0 Å². The number of carbonyl (C=O) groups is 1. The topological polar surface area (TPSA) is 73.3 Å². The Labute approximate surface area is 164 Å². The fraction of sp³-hybridized carbons (Fsp3) is 0.450. The first-order valence-corrected chi connectivity index (χ1v) is 10.1. The number of methoxy groups -OCH3 is 1. The van der Waals surface area contributed by atoms with Crippen molar-refractivity contribution < 1.29 is 14.3 Å². The Morgan fingerprint density at radius 3 is 2.74 bits per heavy atom. The van der Waals surface area contributed by atoms with Crippen LogP contribution in [0.25, 0.3) is 6.08 Å². The van der Waals surface area contributed by atoms with E-state index in [1.54, 1.807) is 13.2 Å². The van der Waals surface area contributed by atoms with Gasteiger partial charge in [-0.05, 0) is 36.6 Å². The quantitative estimate of drug-likeness (QED) is 0.445. The first-order valence-electron chi connectivity index (χ1n) is 9.28. The molecule has 0 spiro atoms. The highest BCUT2D eigenvalue weighted by molar-refractivity contribution is 7.15. The fourth-order valence-corrected chi connectivity index (χ4v) is 3.07. The zero-order valence-corrected chi connectivity index (χ0v) is 17.0. The van der Waals surface area contributed by atoms with Crippen molar-refractivity contribution in [2.75, 3.05) is 19.0 Å². The molecule has 146 valence electrons. The molecule has 0 aliphatic rings. The molecule has 0 aliphatic carbocycles. The van der Waals surface area contributed by atoms with Crippen molar-refractivity contribution in [1.82, 2.24) is 10.2 Å². The van der Waals surface area contributed by atoms with E-state index in [0.29, 0.717) is 17.5 Å². The average molecular weight is 390 g/mol. The molecule has 7 heteroatoms. The molecular weight excluding hydrogens is 362 g/mol. The third-order valence-electron chi connectivity index (χ3n) is 3.87. The van der Waals surface area contributed by atoms with Crippen molar-refractivity contribution in [3.05, 3.63) is 34.8 Å². The zero-order valence-electron chi connectivity index (χ0n) is 16.2. The van der Waals surface area contributed by atoms with Crippen molar-refractivity contribution >= 4 is 28.5 Å². The number of nitrogens with one attached hydrogen (secondary N) is 1. The lowest BCUT2D eigenvalue weighted by atomic mass is 10.2. The highest BCUT2D eigenvalue weighted by Gasteiger charge is 2.07. The number of benzene rings is 1. The predicted octanol–water partition coefficient (Wildman–Crippen LogP) is 4.72. The molecule has 0 bridgehead atoms. The molecule has 2 rings (SSSR count). The third-order valence-corrected chi connectivity index (χ3v) is 4.85. The summed E-state index contributed by atoms with van der Waals surface area (Å²) in [6.07, 6.45) is 8.63. The Kier molecular flexibility index (Phi) is 8.77. The molecule has 27 heavy (non-hydrogen) atoms. The van der Waals surface area contributed by atoms with Crippen LogP contribution in [-0.4, -0.2) is 29.8 Å². The summed E-state index contributed by atoms with van der Waals surface area (Å²) in [5, 5.41) is 12.0. The lowest BCUT2D eigenvalue weighted by molar-refractivity contribution is -0.111. The van der Waals surface area contributed by atoms with Crippen molar-refractivity contribution in [2.24, 2.45) is 0 Å².